The van der Waals surface area contributed by atoms with Gasteiger partial charge in [0.1, 0.15) is 6.04 Å². The van der Waals surface area contributed by atoms with Gasteiger partial charge in [-0.1, -0.05) is 6.92 Å². The molecule has 3 heterocycles. The lowest BCUT2D eigenvalue weighted by Crippen LogP contribution is -2.48. The number of imidazole rings is 1. The monoisotopic (exact) mass is 317 g/mol. The van der Waals surface area contributed by atoms with E-state index in [0.717, 1.165) is 24.4 Å². The summed E-state index contributed by atoms with van der Waals surface area (Å²) < 4.78 is 1.77. The van der Waals surface area contributed by atoms with Crippen molar-refractivity contribution in [3.8, 4) is 0 Å². The fourth-order valence-corrected chi connectivity index (χ4v) is 2.92. The van der Waals surface area contributed by atoms with Gasteiger partial charge in [-0.3, -0.25) is 9.48 Å². The SMILES string of the molecule is CCCn1ncc(C(=O)N2Cc3[nH]cnc3C[C@H]2C(=O)O)c1C. The second-order valence-corrected chi connectivity index (χ2v) is 5.69. The molecule has 8 heteroatoms. The zero-order valence-electron chi connectivity index (χ0n) is 13.1. The quantitative estimate of drug-likeness (QED) is 0.874. The Hall–Kier alpha value is -2.64. The van der Waals surface area contributed by atoms with E-state index in [2.05, 4.69) is 15.1 Å². The third-order valence-electron chi connectivity index (χ3n) is 4.21. The van der Waals surface area contributed by atoms with Crippen LogP contribution >= 0.6 is 0 Å². The van der Waals surface area contributed by atoms with Crippen molar-refractivity contribution >= 4 is 11.9 Å². The molecular formula is C15H19N5O3. The van der Waals surface area contributed by atoms with Gasteiger partial charge in [-0.2, -0.15) is 5.10 Å². The Bertz CT molecular complexity index is 748. The number of carbonyl (C=O) groups excluding carboxylic acids is 1. The number of carboxylic acid groups (broad SMARTS) is 1. The van der Waals surface area contributed by atoms with Gasteiger partial charge >= 0.3 is 5.97 Å². The van der Waals surface area contributed by atoms with Gasteiger partial charge in [-0.25, -0.2) is 9.78 Å². The van der Waals surface area contributed by atoms with Gasteiger partial charge in [0.25, 0.3) is 5.91 Å². The molecule has 2 aromatic heterocycles. The fourth-order valence-electron chi connectivity index (χ4n) is 2.92. The zero-order chi connectivity index (χ0) is 16.6. The average Bonchev–Trinajstić information content (AvgIpc) is 3.12. The molecule has 2 N–H and O–H groups in total. The van der Waals surface area contributed by atoms with Crippen LogP contribution in [0.4, 0.5) is 0 Å². The fraction of sp³-hybridized carbons (Fsp3) is 0.467. The molecule has 0 spiro atoms. The van der Waals surface area contributed by atoms with Gasteiger partial charge in [-0.05, 0) is 13.3 Å². The van der Waals surface area contributed by atoms with E-state index in [9.17, 15) is 14.7 Å². The van der Waals surface area contributed by atoms with Gasteiger partial charge in [0.05, 0.1) is 36.0 Å². The van der Waals surface area contributed by atoms with E-state index in [4.69, 9.17) is 0 Å². The molecule has 0 aliphatic carbocycles. The van der Waals surface area contributed by atoms with Gasteiger partial charge in [0, 0.05) is 18.7 Å². The standard InChI is InChI=1S/C15H19N5O3/c1-3-4-20-9(2)10(6-18-20)14(21)19-7-12-11(16-8-17-12)5-13(19)15(22)23/h6,8,13H,3-5,7H2,1-2H3,(H,16,17)(H,22,23)/t13-/m0/s1. The Morgan fingerprint density at radius 3 is 2.96 bits per heavy atom. The maximum absolute atomic E-state index is 12.9. The van der Waals surface area contributed by atoms with Crippen molar-refractivity contribution in [3.63, 3.8) is 0 Å². The van der Waals surface area contributed by atoms with Crippen LogP contribution in [0.5, 0.6) is 0 Å². The predicted octanol–water partition coefficient (Wildman–Crippen LogP) is 0.976. The molecule has 0 bridgehead atoms. The van der Waals surface area contributed by atoms with Crippen LogP contribution in [0.1, 0.15) is 40.8 Å². The van der Waals surface area contributed by atoms with Crippen LogP contribution in [-0.4, -0.2) is 47.7 Å². The van der Waals surface area contributed by atoms with Crippen LogP contribution < -0.4 is 0 Å². The molecule has 2 aromatic rings. The number of aromatic amines is 1. The van der Waals surface area contributed by atoms with Crippen LogP contribution in [0.2, 0.25) is 0 Å². The number of amides is 1. The van der Waals surface area contributed by atoms with E-state index in [1.165, 1.54) is 17.4 Å². The average molecular weight is 317 g/mol. The smallest absolute Gasteiger partial charge is 0.326 e. The number of aromatic nitrogens is 4. The summed E-state index contributed by atoms with van der Waals surface area (Å²) in [5.74, 6) is -1.33. The number of hydrogen-bond acceptors (Lipinski definition) is 4. The van der Waals surface area contributed by atoms with E-state index in [0.29, 0.717) is 11.3 Å². The van der Waals surface area contributed by atoms with Gasteiger partial charge < -0.3 is 15.0 Å². The third kappa shape index (κ3) is 2.60. The largest absolute Gasteiger partial charge is 0.480 e. The lowest BCUT2D eigenvalue weighted by molar-refractivity contribution is -0.142. The number of aryl methyl sites for hydroxylation is 1. The van der Waals surface area contributed by atoms with Gasteiger partial charge in [0.15, 0.2) is 0 Å². The molecule has 122 valence electrons. The van der Waals surface area contributed by atoms with Gasteiger partial charge in [-0.15, -0.1) is 0 Å². The van der Waals surface area contributed by atoms with Crippen LogP contribution in [0.15, 0.2) is 12.5 Å². The summed E-state index contributed by atoms with van der Waals surface area (Å²) in [7, 11) is 0. The van der Waals surface area contributed by atoms with Crippen LogP contribution in [0, 0.1) is 6.92 Å². The minimum atomic E-state index is -1.02. The molecule has 1 atom stereocenters. The molecular weight excluding hydrogens is 298 g/mol. The van der Waals surface area contributed by atoms with Crippen molar-refractivity contribution in [1.82, 2.24) is 24.6 Å². The molecule has 3 rings (SSSR count). The number of carboxylic acids is 1. The molecule has 0 saturated carbocycles. The first-order valence-electron chi connectivity index (χ1n) is 7.60. The first-order valence-corrected chi connectivity index (χ1v) is 7.60. The maximum Gasteiger partial charge on any atom is 0.326 e. The highest BCUT2D eigenvalue weighted by Crippen LogP contribution is 2.24. The second-order valence-electron chi connectivity index (χ2n) is 5.69. The molecule has 0 saturated heterocycles. The number of aliphatic carboxylic acids is 1. The Balaban J connectivity index is 1.92. The predicted molar refractivity (Wildman–Crippen MR) is 80.8 cm³/mol. The highest BCUT2D eigenvalue weighted by Gasteiger charge is 2.37. The topological polar surface area (TPSA) is 104 Å². The number of nitrogens with one attached hydrogen (secondary N) is 1. The first kappa shape index (κ1) is 15.3. The number of hydrogen-bond donors (Lipinski definition) is 2. The second kappa shape index (κ2) is 5.86. The maximum atomic E-state index is 12.9. The van der Waals surface area contributed by atoms with Crippen molar-refractivity contribution in [2.45, 2.75) is 45.8 Å². The van der Waals surface area contributed by atoms with Crippen molar-refractivity contribution in [2.75, 3.05) is 0 Å². The summed E-state index contributed by atoms with van der Waals surface area (Å²) in [6.07, 6.45) is 4.17. The molecule has 0 fully saturated rings. The lowest BCUT2D eigenvalue weighted by Gasteiger charge is -2.32. The number of rotatable bonds is 4. The summed E-state index contributed by atoms with van der Waals surface area (Å²) in [5, 5.41) is 13.7. The Kier molecular flexibility index (Phi) is 3.89. The summed E-state index contributed by atoms with van der Waals surface area (Å²) in [6.45, 7) is 4.81. The van der Waals surface area contributed by atoms with E-state index in [1.807, 2.05) is 13.8 Å². The third-order valence-corrected chi connectivity index (χ3v) is 4.21. The summed E-state index contributed by atoms with van der Waals surface area (Å²) in [4.78, 5) is 32.9. The first-order chi connectivity index (χ1) is 11.0. The van der Waals surface area contributed by atoms with Crippen molar-refractivity contribution in [3.05, 3.63) is 35.2 Å². The minimum Gasteiger partial charge on any atom is -0.480 e. The minimum absolute atomic E-state index is 0.210. The number of fused-ring (bicyclic) bond motifs is 1. The molecule has 1 aliphatic heterocycles. The van der Waals surface area contributed by atoms with E-state index >= 15 is 0 Å². The molecule has 0 aromatic carbocycles. The van der Waals surface area contributed by atoms with Crippen molar-refractivity contribution in [1.29, 1.82) is 0 Å². The van der Waals surface area contributed by atoms with Crippen molar-refractivity contribution < 1.29 is 14.7 Å². The summed E-state index contributed by atoms with van der Waals surface area (Å²) >= 11 is 0. The number of nitrogens with zero attached hydrogens (tertiary/aromatic N) is 4. The molecule has 8 nitrogen and oxygen atoms in total. The highest BCUT2D eigenvalue weighted by atomic mass is 16.4. The van der Waals surface area contributed by atoms with Crippen molar-refractivity contribution in [2.24, 2.45) is 0 Å². The van der Waals surface area contributed by atoms with Crippen LogP contribution in [0.25, 0.3) is 0 Å². The molecule has 0 unspecified atom stereocenters. The van der Waals surface area contributed by atoms with E-state index in [1.54, 1.807) is 4.68 Å². The van der Waals surface area contributed by atoms with Crippen LogP contribution in [-0.2, 0) is 24.3 Å². The lowest BCUT2D eigenvalue weighted by atomic mass is 10.0. The van der Waals surface area contributed by atoms with E-state index in [-0.39, 0.29) is 18.9 Å². The normalized spacial score (nSPS) is 17.1. The summed E-state index contributed by atoms with van der Waals surface area (Å²) in [6, 6.07) is -0.910. The Labute approximate surface area is 133 Å². The Morgan fingerprint density at radius 1 is 1.48 bits per heavy atom. The number of carbonyl (C=O) groups is 2. The van der Waals surface area contributed by atoms with Crippen LogP contribution in [0.3, 0.4) is 0 Å². The Morgan fingerprint density at radius 2 is 2.26 bits per heavy atom. The molecule has 1 aliphatic rings. The zero-order valence-corrected chi connectivity index (χ0v) is 13.1. The van der Waals surface area contributed by atoms with Gasteiger partial charge in [0.2, 0.25) is 0 Å². The highest BCUT2D eigenvalue weighted by molar-refractivity contribution is 5.97. The molecule has 1 amide bonds. The summed E-state index contributed by atoms with van der Waals surface area (Å²) in [5.41, 5.74) is 2.71. The van der Waals surface area contributed by atoms with E-state index < -0.39 is 12.0 Å². The number of H-pyrrole nitrogens is 1. The molecule has 23 heavy (non-hydrogen) atoms. The molecule has 0 radical (unpaired) electrons.